The second kappa shape index (κ2) is 26.5. The second-order valence-electron chi connectivity index (χ2n) is 24.9. The van der Waals surface area contributed by atoms with Crippen molar-refractivity contribution in [2.24, 2.45) is 0 Å². The molecule has 0 aliphatic heterocycles. The number of hydrogen-bond donors (Lipinski definition) is 0. The van der Waals surface area contributed by atoms with E-state index in [9.17, 15) is 0 Å². The Bertz CT molecular complexity index is 5270. The van der Waals surface area contributed by atoms with Crippen LogP contribution in [0.25, 0.3) is 106 Å². The molecule has 17 rings (SSSR count). The van der Waals surface area contributed by atoms with Gasteiger partial charge >= 0.3 is 0 Å². The van der Waals surface area contributed by atoms with E-state index in [0.717, 1.165) is 110 Å². The molecule has 2 heterocycles. The van der Waals surface area contributed by atoms with Gasteiger partial charge < -0.3 is 0 Å². The molecule has 0 aliphatic carbocycles. The van der Waals surface area contributed by atoms with Gasteiger partial charge in [-0.15, -0.1) is 20.1 Å². The van der Waals surface area contributed by atoms with E-state index in [1.165, 1.54) is 29.4 Å². The van der Waals surface area contributed by atoms with Gasteiger partial charge in [0.15, 0.2) is 5.82 Å². The Labute approximate surface area is 582 Å². The summed E-state index contributed by atoms with van der Waals surface area (Å²) in [6.45, 7) is 0. The summed E-state index contributed by atoms with van der Waals surface area (Å²) in [7, 11) is -5.16. The molecule has 470 valence electrons. The fourth-order valence-corrected chi connectivity index (χ4v) is 22.4. The number of fused-ring (bicyclic) bond motifs is 3. The van der Waals surface area contributed by atoms with Crippen LogP contribution < -0.4 is 0 Å². The summed E-state index contributed by atoms with van der Waals surface area (Å²) in [5.41, 5.74) is 16.2. The van der Waals surface area contributed by atoms with E-state index in [2.05, 4.69) is 411 Å². The van der Waals surface area contributed by atoms with Crippen molar-refractivity contribution in [1.82, 2.24) is 14.5 Å². The lowest BCUT2D eigenvalue weighted by atomic mass is 10.0. The van der Waals surface area contributed by atoms with E-state index in [1.54, 1.807) is 0 Å². The third kappa shape index (κ3) is 11.2. The van der Waals surface area contributed by atoms with Crippen LogP contribution in [0.15, 0.2) is 446 Å². The van der Waals surface area contributed by atoms with E-state index in [0.29, 0.717) is 5.82 Å². The van der Waals surface area contributed by atoms with Gasteiger partial charge in [0, 0.05) is 67.1 Å². The molecule has 15 aromatic carbocycles. The molecule has 0 aliphatic rings. The molecule has 0 atom stereocenters. The summed E-state index contributed by atoms with van der Waals surface area (Å²) in [6.07, 6.45) is 0. The van der Waals surface area contributed by atoms with Gasteiger partial charge in [0.25, 0.3) is 0 Å². The first-order chi connectivity index (χ1) is 49.1. The van der Waals surface area contributed by atoms with E-state index < -0.39 is 20.1 Å². The average molecular weight is 1300 g/mol. The largest absolute Gasteiger partial charge is 0.294 e. The lowest BCUT2D eigenvalue weighted by molar-refractivity contribution is 1.05. The van der Waals surface area contributed by atoms with Gasteiger partial charge in [0.2, 0.25) is 0 Å². The number of nitrogens with zero attached hydrogens (tertiary/aromatic N) is 3. The quantitative estimate of drug-likeness (QED) is 0.0965. The van der Waals surface area contributed by atoms with Crippen molar-refractivity contribution in [3.8, 4) is 84.1 Å². The van der Waals surface area contributed by atoms with Gasteiger partial charge in [-0.25, -0.2) is 9.97 Å². The molecule has 0 amide bonds. The molecular weight excluding hydrogens is 1240 g/mol. The zero-order valence-electron chi connectivity index (χ0n) is 54.3. The van der Waals surface area contributed by atoms with Crippen LogP contribution in [-0.2, 0) is 0 Å². The normalized spacial score (nSPS) is 12.0. The molecule has 0 fully saturated rings. The standard InChI is InChI=1S/C94H67N3S2/c1-8-31-68(32-9-1)73-41-26-46-78(59-73)94-95-90(67-93(96-94)97-91-57-24-22-55-88(91)89-56-23-25-58-92(89)97)79-64-86(98(80-47-18-6-19-48-80,82-51-27-42-74(60-82)69-33-10-2-11-34-69)83-52-28-43-75(61-83)70-35-12-3-13-36-70)66-87(65-79)99(81-49-20-7-21-50-81,84-53-29-44-76(62-84)71-37-14-4-15-38-71)85-54-30-45-77(63-85)72-39-16-5-17-40-72/h1-67H. The zero-order chi connectivity index (χ0) is 66.0. The van der Waals surface area contributed by atoms with Crippen molar-refractivity contribution in [1.29, 1.82) is 0 Å². The molecule has 0 unspecified atom stereocenters. The molecule has 0 bridgehead atoms. The molecule has 2 aromatic heterocycles. The van der Waals surface area contributed by atoms with Gasteiger partial charge in [-0.05, 0) is 165 Å². The van der Waals surface area contributed by atoms with Crippen molar-refractivity contribution >= 4 is 41.9 Å². The molecule has 0 radical (unpaired) electrons. The average Bonchev–Trinajstić information content (AvgIpc) is 1.27. The number of hydrogen-bond acceptors (Lipinski definition) is 2. The van der Waals surface area contributed by atoms with Crippen LogP contribution in [0.1, 0.15) is 0 Å². The fraction of sp³-hybridized carbons (Fsp3) is 0. The zero-order valence-corrected chi connectivity index (χ0v) is 56.0. The van der Waals surface area contributed by atoms with Crippen LogP contribution in [0.5, 0.6) is 0 Å². The van der Waals surface area contributed by atoms with E-state index in [1.807, 2.05) is 0 Å². The Balaban J connectivity index is 1.06. The number of aromatic nitrogens is 3. The highest BCUT2D eigenvalue weighted by Gasteiger charge is 2.40. The predicted octanol–water partition coefficient (Wildman–Crippen LogP) is 25.9. The van der Waals surface area contributed by atoms with Gasteiger partial charge in [0.05, 0.1) is 16.7 Å². The highest BCUT2D eigenvalue weighted by atomic mass is 32.3. The minimum atomic E-state index is -2.58. The van der Waals surface area contributed by atoms with Crippen molar-refractivity contribution in [2.45, 2.75) is 39.2 Å². The SMILES string of the molecule is c1ccc(-c2cccc(-c3nc(-c4cc(S(c5ccccc5)(c5cccc(-c6ccccc6)c5)c5cccc(-c6ccccc6)c5)cc(S(c5ccccc5)(c5cccc(-c6ccccc6)c5)c5cccc(-c6ccccc6)c5)c4)cc(-n4c5ccccc5c5ccccc54)n3)c2)cc1. The minimum Gasteiger partial charge on any atom is -0.294 e. The fourth-order valence-electron chi connectivity index (χ4n) is 14.4. The molecule has 5 heteroatoms. The first kappa shape index (κ1) is 60.5. The Morgan fingerprint density at radius 3 is 0.818 bits per heavy atom. The number of benzene rings is 15. The van der Waals surface area contributed by atoms with Gasteiger partial charge in [-0.3, -0.25) is 4.57 Å². The van der Waals surface area contributed by atoms with Gasteiger partial charge in [0.1, 0.15) is 5.82 Å². The summed E-state index contributed by atoms with van der Waals surface area (Å²) in [5, 5.41) is 2.31. The van der Waals surface area contributed by atoms with Crippen molar-refractivity contribution in [3.05, 3.63) is 406 Å². The van der Waals surface area contributed by atoms with Crippen molar-refractivity contribution in [3.63, 3.8) is 0 Å². The molecule has 0 saturated carbocycles. The maximum absolute atomic E-state index is 5.97. The van der Waals surface area contributed by atoms with Crippen LogP contribution in [0.3, 0.4) is 0 Å². The molecule has 99 heavy (non-hydrogen) atoms. The van der Waals surface area contributed by atoms with Gasteiger partial charge in [-0.2, -0.15) is 0 Å². The maximum atomic E-state index is 5.97. The number of para-hydroxylation sites is 2. The van der Waals surface area contributed by atoms with Gasteiger partial charge in [-0.1, -0.05) is 291 Å². The molecule has 0 spiro atoms. The molecule has 0 saturated heterocycles. The van der Waals surface area contributed by atoms with E-state index in [4.69, 9.17) is 9.97 Å². The molecule has 0 N–H and O–H groups in total. The van der Waals surface area contributed by atoms with Crippen LogP contribution in [0.2, 0.25) is 0 Å². The lowest BCUT2D eigenvalue weighted by Crippen LogP contribution is -2.10. The Morgan fingerprint density at radius 2 is 0.455 bits per heavy atom. The van der Waals surface area contributed by atoms with Crippen LogP contribution in [0.4, 0.5) is 0 Å². The first-order valence-electron chi connectivity index (χ1n) is 33.6. The Hall–Kier alpha value is -12.1. The molecule has 3 nitrogen and oxygen atoms in total. The summed E-state index contributed by atoms with van der Waals surface area (Å²) >= 11 is 0. The summed E-state index contributed by atoms with van der Waals surface area (Å²) in [6, 6.07) is 151. The van der Waals surface area contributed by atoms with Crippen LogP contribution in [-0.4, -0.2) is 14.5 Å². The van der Waals surface area contributed by atoms with E-state index >= 15 is 0 Å². The summed E-state index contributed by atoms with van der Waals surface area (Å²) in [5.74, 6) is 1.39. The molecular formula is C94H67N3S2. The predicted molar refractivity (Wildman–Crippen MR) is 414 cm³/mol. The summed E-state index contributed by atoms with van der Waals surface area (Å²) in [4.78, 5) is 21.3. The third-order valence-electron chi connectivity index (χ3n) is 19.0. The lowest BCUT2D eigenvalue weighted by Gasteiger charge is -2.46. The van der Waals surface area contributed by atoms with Crippen molar-refractivity contribution in [2.75, 3.05) is 0 Å². The topological polar surface area (TPSA) is 30.7 Å². The Morgan fingerprint density at radius 1 is 0.182 bits per heavy atom. The molecule has 17 aromatic rings. The highest BCUT2D eigenvalue weighted by molar-refractivity contribution is 8.34. The maximum Gasteiger partial charge on any atom is 0.162 e. The highest BCUT2D eigenvalue weighted by Crippen LogP contribution is 2.78. The van der Waals surface area contributed by atoms with Crippen LogP contribution in [0, 0.1) is 0 Å². The monoisotopic (exact) mass is 1300 g/mol. The smallest absolute Gasteiger partial charge is 0.162 e. The first-order valence-corrected chi connectivity index (χ1v) is 36.9. The number of rotatable bonds is 16. The summed E-state index contributed by atoms with van der Waals surface area (Å²) < 4.78 is 2.35. The van der Waals surface area contributed by atoms with Crippen LogP contribution >= 0.6 is 20.1 Å². The third-order valence-corrected chi connectivity index (χ3v) is 26.7. The minimum absolute atomic E-state index is 0.620. The Kier molecular flexibility index (Phi) is 16.2. The van der Waals surface area contributed by atoms with Crippen molar-refractivity contribution < 1.29 is 0 Å². The van der Waals surface area contributed by atoms with E-state index in [-0.39, 0.29) is 0 Å². The second-order valence-corrected chi connectivity index (χ2v) is 31.1.